The maximum atomic E-state index is 5.89. The van der Waals surface area contributed by atoms with Gasteiger partial charge in [-0.1, -0.05) is 18.2 Å². The highest BCUT2D eigenvalue weighted by atomic mass is 16.7. The van der Waals surface area contributed by atoms with Gasteiger partial charge in [0.15, 0.2) is 11.5 Å². The molecule has 0 radical (unpaired) electrons. The molecule has 1 aliphatic rings. The highest BCUT2D eigenvalue weighted by molar-refractivity contribution is 5.55. The largest absolute Gasteiger partial charge is 0.461 e. The molecule has 1 aromatic carbocycles. The second-order valence-electron chi connectivity index (χ2n) is 4.55. The summed E-state index contributed by atoms with van der Waals surface area (Å²) in [5, 5.41) is 0. The number of benzene rings is 1. The normalized spacial score (nSPS) is 17.5. The first-order valence-corrected chi connectivity index (χ1v) is 6.39. The molecule has 0 saturated heterocycles. The Morgan fingerprint density at radius 2 is 1.85 bits per heavy atom. The summed E-state index contributed by atoms with van der Waals surface area (Å²) in [4.78, 5) is 0. The molecular formula is C16H12O4. The van der Waals surface area contributed by atoms with E-state index in [2.05, 4.69) is 0 Å². The molecule has 0 aliphatic carbocycles. The van der Waals surface area contributed by atoms with E-state index in [4.69, 9.17) is 18.3 Å². The Labute approximate surface area is 115 Å². The van der Waals surface area contributed by atoms with Crippen LogP contribution in [0.15, 0.2) is 63.8 Å². The molecule has 3 heterocycles. The van der Waals surface area contributed by atoms with Gasteiger partial charge in [-0.3, -0.25) is 0 Å². The van der Waals surface area contributed by atoms with E-state index in [1.165, 1.54) is 0 Å². The third-order valence-electron chi connectivity index (χ3n) is 3.29. The van der Waals surface area contributed by atoms with Gasteiger partial charge in [-0.2, -0.15) is 0 Å². The lowest BCUT2D eigenvalue weighted by Gasteiger charge is -2.26. The molecule has 0 bridgehead atoms. The average Bonchev–Trinajstić information content (AvgIpc) is 3.17. The van der Waals surface area contributed by atoms with Crippen LogP contribution in [0.3, 0.4) is 0 Å². The average molecular weight is 268 g/mol. The molecule has 4 rings (SSSR count). The number of hydrogen-bond acceptors (Lipinski definition) is 4. The molecule has 0 amide bonds. The summed E-state index contributed by atoms with van der Waals surface area (Å²) in [6, 6.07) is 13.4. The molecular weight excluding hydrogens is 256 g/mol. The summed E-state index contributed by atoms with van der Waals surface area (Å²) >= 11 is 0. The molecule has 0 saturated carbocycles. The maximum absolute atomic E-state index is 5.89. The van der Waals surface area contributed by atoms with Gasteiger partial charge in [0.05, 0.1) is 24.7 Å². The van der Waals surface area contributed by atoms with Crippen molar-refractivity contribution in [3.63, 3.8) is 0 Å². The minimum absolute atomic E-state index is 0.483. The molecule has 4 nitrogen and oxygen atoms in total. The zero-order chi connectivity index (χ0) is 13.4. The van der Waals surface area contributed by atoms with Gasteiger partial charge in [0.25, 0.3) is 0 Å². The van der Waals surface area contributed by atoms with Gasteiger partial charge in [-0.15, -0.1) is 0 Å². The molecule has 20 heavy (non-hydrogen) atoms. The summed E-state index contributed by atoms with van der Waals surface area (Å²) in [5.41, 5.74) is 1.88. The molecule has 1 unspecified atom stereocenters. The molecule has 1 atom stereocenters. The van der Waals surface area contributed by atoms with Crippen LogP contribution >= 0.6 is 0 Å². The quantitative estimate of drug-likeness (QED) is 0.700. The number of fused-ring (bicyclic) bond motifs is 1. The maximum Gasteiger partial charge on any atom is 0.230 e. The van der Waals surface area contributed by atoms with Gasteiger partial charge in [0, 0.05) is 5.56 Å². The van der Waals surface area contributed by atoms with Crippen molar-refractivity contribution in [2.45, 2.75) is 12.9 Å². The molecule has 2 aromatic heterocycles. The number of hydrogen-bond donors (Lipinski definition) is 0. The lowest BCUT2D eigenvalue weighted by molar-refractivity contribution is -0.111. The summed E-state index contributed by atoms with van der Waals surface area (Å²) in [6.07, 6.45) is 2.74. The van der Waals surface area contributed by atoms with Gasteiger partial charge in [-0.25, -0.2) is 0 Å². The van der Waals surface area contributed by atoms with Crippen LogP contribution in [0.5, 0.6) is 5.75 Å². The van der Waals surface area contributed by atoms with E-state index in [9.17, 15) is 0 Å². The molecule has 1 aliphatic heterocycles. The topological polar surface area (TPSA) is 44.7 Å². The predicted molar refractivity (Wildman–Crippen MR) is 71.0 cm³/mol. The number of ether oxygens (including phenoxy) is 2. The highest BCUT2D eigenvalue weighted by Crippen LogP contribution is 2.37. The summed E-state index contributed by atoms with van der Waals surface area (Å²) in [7, 11) is 0. The van der Waals surface area contributed by atoms with Crippen LogP contribution in [0, 0.1) is 0 Å². The van der Waals surface area contributed by atoms with E-state index in [1.54, 1.807) is 12.5 Å². The molecule has 4 heteroatoms. The Morgan fingerprint density at radius 1 is 0.900 bits per heavy atom. The van der Waals surface area contributed by atoms with E-state index in [-0.39, 0.29) is 0 Å². The molecule has 0 N–H and O–H groups in total. The third-order valence-corrected chi connectivity index (χ3v) is 3.29. The Bertz CT molecular complexity index is 712. The van der Waals surface area contributed by atoms with Crippen molar-refractivity contribution in [1.29, 1.82) is 0 Å². The minimum Gasteiger partial charge on any atom is -0.461 e. The van der Waals surface area contributed by atoms with Crippen molar-refractivity contribution in [3.8, 4) is 17.3 Å². The zero-order valence-electron chi connectivity index (χ0n) is 10.6. The van der Waals surface area contributed by atoms with Gasteiger partial charge >= 0.3 is 0 Å². The van der Waals surface area contributed by atoms with Gasteiger partial charge in [0.2, 0.25) is 6.29 Å². The smallest absolute Gasteiger partial charge is 0.230 e. The molecule has 3 aromatic rings. The van der Waals surface area contributed by atoms with Crippen LogP contribution in [-0.2, 0) is 11.3 Å². The Morgan fingerprint density at radius 3 is 2.75 bits per heavy atom. The second-order valence-corrected chi connectivity index (χ2v) is 4.55. The number of para-hydroxylation sites is 1. The summed E-state index contributed by atoms with van der Waals surface area (Å²) in [6.45, 7) is 0.517. The first kappa shape index (κ1) is 11.4. The zero-order valence-corrected chi connectivity index (χ0v) is 10.6. The van der Waals surface area contributed by atoms with Crippen molar-refractivity contribution in [2.75, 3.05) is 0 Å². The summed E-state index contributed by atoms with van der Waals surface area (Å²) < 4.78 is 22.5. The number of rotatable bonds is 2. The van der Waals surface area contributed by atoms with Crippen LogP contribution in [0.4, 0.5) is 0 Å². The van der Waals surface area contributed by atoms with Crippen LogP contribution in [-0.4, -0.2) is 0 Å². The first-order chi connectivity index (χ1) is 9.92. The Hall–Kier alpha value is -2.46. The molecule has 0 spiro atoms. The van der Waals surface area contributed by atoms with E-state index in [0.717, 1.165) is 16.9 Å². The first-order valence-electron chi connectivity index (χ1n) is 6.39. The number of furan rings is 2. The fraction of sp³-hybridized carbons (Fsp3) is 0.125. The van der Waals surface area contributed by atoms with Crippen LogP contribution in [0.2, 0.25) is 0 Å². The van der Waals surface area contributed by atoms with Crippen LogP contribution in [0.25, 0.3) is 11.5 Å². The van der Waals surface area contributed by atoms with Crippen LogP contribution in [0.1, 0.15) is 17.4 Å². The van der Waals surface area contributed by atoms with Crippen molar-refractivity contribution >= 4 is 0 Å². The molecule has 100 valence electrons. The van der Waals surface area contributed by atoms with E-state index in [1.807, 2.05) is 42.5 Å². The summed E-state index contributed by atoms with van der Waals surface area (Å²) in [5.74, 6) is 2.14. The third kappa shape index (κ3) is 1.82. The standard InChI is InChI=1S/C16H12O4/c1-2-5-13-11(4-1)10-19-16(20-13)12-7-9-18-15(12)14-6-3-8-17-14/h1-9,16H,10H2. The van der Waals surface area contributed by atoms with Gasteiger partial charge < -0.3 is 18.3 Å². The Balaban J connectivity index is 1.69. The van der Waals surface area contributed by atoms with Gasteiger partial charge in [-0.05, 0) is 24.3 Å². The fourth-order valence-corrected chi connectivity index (χ4v) is 2.32. The molecule has 0 fully saturated rings. The van der Waals surface area contributed by atoms with E-state index in [0.29, 0.717) is 18.1 Å². The highest BCUT2D eigenvalue weighted by Gasteiger charge is 2.27. The van der Waals surface area contributed by atoms with Gasteiger partial charge in [0.1, 0.15) is 5.75 Å². The lowest BCUT2D eigenvalue weighted by Crippen LogP contribution is -2.17. The SMILES string of the molecule is c1coc(-c2occc2C2OCc3ccccc3O2)c1. The van der Waals surface area contributed by atoms with E-state index >= 15 is 0 Å². The Kier molecular flexibility index (Phi) is 2.60. The monoisotopic (exact) mass is 268 g/mol. The second kappa shape index (κ2) is 4.58. The van der Waals surface area contributed by atoms with Crippen molar-refractivity contribution in [3.05, 3.63) is 66.1 Å². The lowest BCUT2D eigenvalue weighted by atomic mass is 10.1. The predicted octanol–water partition coefficient (Wildman–Crippen LogP) is 4.15. The van der Waals surface area contributed by atoms with Crippen LogP contribution < -0.4 is 4.74 Å². The van der Waals surface area contributed by atoms with Crippen molar-refractivity contribution < 1.29 is 18.3 Å². The minimum atomic E-state index is -0.483. The van der Waals surface area contributed by atoms with E-state index < -0.39 is 6.29 Å². The fourth-order valence-electron chi connectivity index (χ4n) is 2.32. The van der Waals surface area contributed by atoms with Crippen molar-refractivity contribution in [1.82, 2.24) is 0 Å². The van der Waals surface area contributed by atoms with Crippen molar-refractivity contribution in [2.24, 2.45) is 0 Å².